The summed E-state index contributed by atoms with van der Waals surface area (Å²) < 4.78 is 0. The summed E-state index contributed by atoms with van der Waals surface area (Å²) in [5.41, 5.74) is 1.18. The number of thioether (sulfide) groups is 1. The number of carbonyl (C=O) groups is 2. The Kier molecular flexibility index (Phi) is 2.29. The Hall–Kier alpha value is -1.29. The van der Waals surface area contributed by atoms with Gasteiger partial charge in [0.05, 0.1) is 5.75 Å². The molecule has 0 amide bonds. The summed E-state index contributed by atoms with van der Waals surface area (Å²) in [5, 5.41) is 8.35. The summed E-state index contributed by atoms with van der Waals surface area (Å²) in [6.07, 6.45) is 0. The third kappa shape index (κ3) is 1.42. The first-order chi connectivity index (χ1) is 6.70. The molecule has 1 aromatic carbocycles. The van der Waals surface area contributed by atoms with E-state index in [1.54, 1.807) is 24.3 Å². The summed E-state index contributed by atoms with van der Waals surface area (Å²) in [6.45, 7) is 0. The SMILES string of the molecule is O=C1CSC(C(=O)O)c2ccccc21. The number of aliphatic carboxylic acids is 1. The molecule has 0 spiro atoms. The van der Waals surface area contributed by atoms with Crippen molar-refractivity contribution in [3.63, 3.8) is 0 Å². The second-order valence-electron chi connectivity index (χ2n) is 3.04. The molecule has 0 fully saturated rings. The van der Waals surface area contributed by atoms with Gasteiger partial charge in [0, 0.05) is 5.56 Å². The monoisotopic (exact) mass is 208 g/mol. The molecule has 0 aliphatic carbocycles. The molecule has 4 heteroatoms. The fourth-order valence-corrected chi connectivity index (χ4v) is 2.51. The van der Waals surface area contributed by atoms with E-state index in [9.17, 15) is 9.59 Å². The molecule has 1 heterocycles. The predicted octanol–water partition coefficient (Wildman–Crippen LogP) is 1.74. The van der Waals surface area contributed by atoms with E-state index in [0.29, 0.717) is 11.1 Å². The van der Waals surface area contributed by atoms with Gasteiger partial charge in [-0.2, -0.15) is 0 Å². The lowest BCUT2D eigenvalue weighted by molar-refractivity contribution is -0.136. The fourth-order valence-electron chi connectivity index (χ4n) is 1.51. The average molecular weight is 208 g/mol. The lowest BCUT2D eigenvalue weighted by Gasteiger charge is -2.20. The highest BCUT2D eigenvalue weighted by atomic mass is 32.2. The van der Waals surface area contributed by atoms with Crippen molar-refractivity contribution in [2.75, 3.05) is 5.75 Å². The van der Waals surface area contributed by atoms with Gasteiger partial charge in [0.15, 0.2) is 5.78 Å². The van der Waals surface area contributed by atoms with Crippen LogP contribution < -0.4 is 0 Å². The Labute approximate surface area is 85.1 Å². The van der Waals surface area contributed by atoms with E-state index in [2.05, 4.69) is 0 Å². The number of benzene rings is 1. The molecule has 1 aliphatic rings. The molecule has 1 atom stereocenters. The van der Waals surface area contributed by atoms with Gasteiger partial charge in [-0.25, -0.2) is 0 Å². The van der Waals surface area contributed by atoms with E-state index in [-0.39, 0.29) is 11.5 Å². The number of hydrogen-bond acceptors (Lipinski definition) is 3. The molecule has 1 aromatic rings. The van der Waals surface area contributed by atoms with Crippen molar-refractivity contribution in [3.05, 3.63) is 35.4 Å². The molecule has 0 saturated carbocycles. The fraction of sp³-hybridized carbons (Fsp3) is 0.200. The van der Waals surface area contributed by atoms with Gasteiger partial charge in [-0.1, -0.05) is 24.3 Å². The number of carboxylic acid groups (broad SMARTS) is 1. The molecule has 2 rings (SSSR count). The highest BCUT2D eigenvalue weighted by Gasteiger charge is 2.30. The Morgan fingerprint density at radius 2 is 2.14 bits per heavy atom. The quantitative estimate of drug-likeness (QED) is 0.763. The van der Waals surface area contributed by atoms with Gasteiger partial charge in [-0.3, -0.25) is 9.59 Å². The van der Waals surface area contributed by atoms with E-state index in [1.165, 1.54) is 11.8 Å². The van der Waals surface area contributed by atoms with Crippen LogP contribution in [0.4, 0.5) is 0 Å². The van der Waals surface area contributed by atoms with Crippen molar-refractivity contribution in [1.29, 1.82) is 0 Å². The van der Waals surface area contributed by atoms with Gasteiger partial charge in [0.25, 0.3) is 0 Å². The number of carbonyl (C=O) groups excluding carboxylic acids is 1. The van der Waals surface area contributed by atoms with E-state index in [0.717, 1.165) is 0 Å². The summed E-state index contributed by atoms with van der Waals surface area (Å²) in [7, 11) is 0. The summed E-state index contributed by atoms with van der Waals surface area (Å²) in [4.78, 5) is 22.3. The van der Waals surface area contributed by atoms with Crippen molar-refractivity contribution < 1.29 is 14.7 Å². The molecule has 0 radical (unpaired) electrons. The number of ketones is 1. The predicted molar refractivity (Wildman–Crippen MR) is 53.6 cm³/mol. The largest absolute Gasteiger partial charge is 0.480 e. The minimum absolute atomic E-state index is 0.0168. The normalized spacial score (nSPS) is 20.3. The molecule has 14 heavy (non-hydrogen) atoms. The van der Waals surface area contributed by atoms with Gasteiger partial charge in [-0.15, -0.1) is 11.8 Å². The molecular weight excluding hydrogens is 200 g/mol. The van der Waals surface area contributed by atoms with Crippen LogP contribution >= 0.6 is 11.8 Å². The number of carboxylic acids is 1. The summed E-state index contributed by atoms with van der Waals surface area (Å²) >= 11 is 1.17. The third-order valence-corrected chi connectivity index (χ3v) is 3.37. The van der Waals surface area contributed by atoms with Gasteiger partial charge in [0.1, 0.15) is 5.25 Å². The van der Waals surface area contributed by atoms with E-state index in [4.69, 9.17) is 5.11 Å². The van der Waals surface area contributed by atoms with Crippen molar-refractivity contribution in [2.45, 2.75) is 5.25 Å². The maximum absolute atomic E-state index is 11.4. The van der Waals surface area contributed by atoms with E-state index < -0.39 is 11.2 Å². The van der Waals surface area contributed by atoms with Crippen LogP contribution in [0.15, 0.2) is 24.3 Å². The molecule has 72 valence electrons. The Morgan fingerprint density at radius 1 is 1.43 bits per heavy atom. The zero-order valence-corrected chi connectivity index (χ0v) is 8.08. The molecule has 3 nitrogen and oxygen atoms in total. The van der Waals surface area contributed by atoms with Crippen molar-refractivity contribution in [2.24, 2.45) is 0 Å². The second-order valence-corrected chi connectivity index (χ2v) is 4.13. The highest BCUT2D eigenvalue weighted by molar-refractivity contribution is 8.01. The Morgan fingerprint density at radius 3 is 2.86 bits per heavy atom. The minimum atomic E-state index is -0.880. The molecule has 0 aromatic heterocycles. The zero-order valence-electron chi connectivity index (χ0n) is 7.27. The average Bonchev–Trinajstić information content (AvgIpc) is 2.18. The Balaban J connectivity index is 2.52. The van der Waals surface area contributed by atoms with Crippen molar-refractivity contribution in [3.8, 4) is 0 Å². The number of hydrogen-bond donors (Lipinski definition) is 1. The summed E-state index contributed by atoms with van der Waals surface area (Å²) in [6, 6.07) is 6.91. The molecule has 0 saturated heterocycles. The lowest BCUT2D eigenvalue weighted by Crippen LogP contribution is -2.20. The van der Waals surface area contributed by atoms with Crippen LogP contribution in [-0.2, 0) is 4.79 Å². The van der Waals surface area contributed by atoms with Gasteiger partial charge >= 0.3 is 5.97 Å². The first-order valence-electron chi connectivity index (χ1n) is 4.16. The number of fused-ring (bicyclic) bond motifs is 1. The smallest absolute Gasteiger partial charge is 0.321 e. The van der Waals surface area contributed by atoms with Crippen LogP contribution in [-0.4, -0.2) is 22.6 Å². The standard InChI is InChI=1S/C10H8O3S/c11-8-5-14-9(10(12)13)7-4-2-1-3-6(7)8/h1-4,9H,5H2,(H,12,13). The number of Topliss-reactive ketones (excluding diaryl/α,β-unsaturated/α-hetero) is 1. The van der Waals surface area contributed by atoms with Crippen LogP contribution in [0.25, 0.3) is 0 Å². The Bertz CT molecular complexity index is 400. The first-order valence-corrected chi connectivity index (χ1v) is 5.21. The third-order valence-electron chi connectivity index (χ3n) is 2.15. The van der Waals surface area contributed by atoms with Gasteiger partial charge in [-0.05, 0) is 5.56 Å². The molecular formula is C10H8O3S. The number of rotatable bonds is 1. The van der Waals surface area contributed by atoms with Crippen LogP contribution in [0.2, 0.25) is 0 Å². The van der Waals surface area contributed by atoms with Gasteiger partial charge < -0.3 is 5.11 Å². The van der Waals surface area contributed by atoms with Crippen LogP contribution in [0.5, 0.6) is 0 Å². The molecule has 0 bridgehead atoms. The zero-order chi connectivity index (χ0) is 10.1. The van der Waals surface area contributed by atoms with E-state index in [1.807, 2.05) is 0 Å². The minimum Gasteiger partial charge on any atom is -0.480 e. The van der Waals surface area contributed by atoms with Gasteiger partial charge in [0.2, 0.25) is 0 Å². The summed E-state index contributed by atoms with van der Waals surface area (Å²) in [5.74, 6) is -0.605. The first kappa shape index (κ1) is 9.27. The van der Waals surface area contributed by atoms with Crippen LogP contribution in [0.1, 0.15) is 21.2 Å². The van der Waals surface area contributed by atoms with Crippen LogP contribution in [0, 0.1) is 0 Å². The molecule has 1 unspecified atom stereocenters. The van der Waals surface area contributed by atoms with Crippen molar-refractivity contribution in [1.82, 2.24) is 0 Å². The maximum Gasteiger partial charge on any atom is 0.321 e. The second kappa shape index (κ2) is 3.46. The topological polar surface area (TPSA) is 54.4 Å². The lowest BCUT2D eigenvalue weighted by atomic mass is 10.0. The molecule has 1 N–H and O–H groups in total. The van der Waals surface area contributed by atoms with E-state index >= 15 is 0 Å². The highest BCUT2D eigenvalue weighted by Crippen LogP contribution is 2.36. The van der Waals surface area contributed by atoms with Crippen LogP contribution in [0.3, 0.4) is 0 Å². The van der Waals surface area contributed by atoms with Crippen molar-refractivity contribution >= 4 is 23.5 Å². The maximum atomic E-state index is 11.4. The molecule has 1 aliphatic heterocycles.